The molecule has 0 saturated heterocycles. The molecule has 3 heterocycles. The van der Waals surface area contributed by atoms with Crippen molar-refractivity contribution in [3.8, 4) is 0 Å². The van der Waals surface area contributed by atoms with Crippen LogP contribution in [0.15, 0.2) is 18.3 Å². The summed E-state index contributed by atoms with van der Waals surface area (Å²) in [5, 5.41) is 2.73. The third-order valence-electron chi connectivity index (χ3n) is 5.01. The number of aryl methyl sites for hydroxylation is 1. The zero-order valence-electron chi connectivity index (χ0n) is 15.4. The van der Waals surface area contributed by atoms with Crippen molar-refractivity contribution in [1.82, 2.24) is 15.0 Å². The summed E-state index contributed by atoms with van der Waals surface area (Å²) >= 11 is 0. The Balaban J connectivity index is 1.80. The first kappa shape index (κ1) is 16.9. The van der Waals surface area contributed by atoms with Crippen LogP contribution < -0.4 is 10.2 Å². The number of hydrogen-bond acceptors (Lipinski definition) is 5. The van der Waals surface area contributed by atoms with Crippen LogP contribution in [0.1, 0.15) is 50.7 Å². The van der Waals surface area contributed by atoms with E-state index in [-0.39, 0.29) is 17.1 Å². The van der Waals surface area contributed by atoms with Gasteiger partial charge in [-0.15, -0.1) is 0 Å². The summed E-state index contributed by atoms with van der Waals surface area (Å²) in [5.41, 5.74) is 1.36. The van der Waals surface area contributed by atoms with Crippen LogP contribution in [-0.2, 0) is 15.9 Å². The Morgan fingerprint density at radius 3 is 2.65 bits per heavy atom. The SMILES string of the molecule is CC(=O)Nc1cc2c(cn1)C1(CC1)CN2c1cc(C)nc(C(C)(C)F)n1. The van der Waals surface area contributed by atoms with Gasteiger partial charge in [0.1, 0.15) is 11.6 Å². The Kier molecular flexibility index (Phi) is 3.54. The zero-order chi connectivity index (χ0) is 18.7. The Hall–Kier alpha value is -2.57. The summed E-state index contributed by atoms with van der Waals surface area (Å²) in [6.45, 7) is 7.02. The van der Waals surface area contributed by atoms with Crippen LogP contribution in [0.5, 0.6) is 0 Å². The molecule has 1 amide bonds. The van der Waals surface area contributed by atoms with Gasteiger partial charge in [-0.3, -0.25) is 4.79 Å². The van der Waals surface area contributed by atoms with E-state index in [1.165, 1.54) is 26.3 Å². The average molecular weight is 355 g/mol. The van der Waals surface area contributed by atoms with Gasteiger partial charge in [0.2, 0.25) is 5.91 Å². The molecular formula is C19H22FN5O. The van der Waals surface area contributed by atoms with Crippen molar-refractivity contribution < 1.29 is 9.18 Å². The van der Waals surface area contributed by atoms with Crippen LogP contribution in [-0.4, -0.2) is 27.4 Å². The van der Waals surface area contributed by atoms with Crippen LogP contribution in [0, 0.1) is 6.92 Å². The van der Waals surface area contributed by atoms with Crippen LogP contribution in [0.25, 0.3) is 0 Å². The molecule has 1 fully saturated rings. The van der Waals surface area contributed by atoms with Crippen molar-refractivity contribution in [3.63, 3.8) is 0 Å². The third-order valence-corrected chi connectivity index (χ3v) is 5.01. The molecular weight excluding hydrogens is 333 g/mol. The van der Waals surface area contributed by atoms with Crippen LogP contribution >= 0.6 is 0 Å². The number of hydrogen-bond donors (Lipinski definition) is 1. The minimum atomic E-state index is -1.61. The molecule has 1 N–H and O–H groups in total. The van der Waals surface area contributed by atoms with E-state index in [9.17, 15) is 9.18 Å². The lowest BCUT2D eigenvalue weighted by atomic mass is 10.0. The number of aromatic nitrogens is 3. The quantitative estimate of drug-likeness (QED) is 0.912. The van der Waals surface area contributed by atoms with E-state index in [1.807, 2.05) is 25.3 Å². The molecule has 0 radical (unpaired) electrons. The van der Waals surface area contributed by atoms with Crippen molar-refractivity contribution in [2.75, 3.05) is 16.8 Å². The maximum Gasteiger partial charge on any atom is 0.222 e. The van der Waals surface area contributed by atoms with Crippen molar-refractivity contribution in [2.24, 2.45) is 0 Å². The van der Waals surface area contributed by atoms with Crippen molar-refractivity contribution in [1.29, 1.82) is 0 Å². The smallest absolute Gasteiger partial charge is 0.222 e. The highest BCUT2D eigenvalue weighted by molar-refractivity contribution is 5.89. The fourth-order valence-electron chi connectivity index (χ4n) is 3.54. The van der Waals surface area contributed by atoms with Crippen molar-refractivity contribution in [3.05, 3.63) is 35.4 Å². The molecule has 1 aliphatic heterocycles. The second-order valence-electron chi connectivity index (χ2n) is 7.80. The Bertz CT molecular complexity index is 901. The van der Waals surface area contributed by atoms with E-state index >= 15 is 0 Å². The second kappa shape index (κ2) is 5.46. The van der Waals surface area contributed by atoms with Crippen LogP contribution in [0.3, 0.4) is 0 Å². The fourth-order valence-corrected chi connectivity index (χ4v) is 3.54. The number of anilines is 3. The van der Waals surface area contributed by atoms with E-state index in [4.69, 9.17) is 0 Å². The van der Waals surface area contributed by atoms with Gasteiger partial charge in [-0.1, -0.05) is 0 Å². The summed E-state index contributed by atoms with van der Waals surface area (Å²) in [6.07, 6.45) is 4.05. The second-order valence-corrected chi connectivity index (χ2v) is 7.80. The molecule has 0 unspecified atom stereocenters. The van der Waals surface area contributed by atoms with Crippen LogP contribution in [0.2, 0.25) is 0 Å². The lowest BCUT2D eigenvalue weighted by Gasteiger charge is -2.22. The maximum atomic E-state index is 14.4. The molecule has 1 saturated carbocycles. The number of amides is 1. The lowest BCUT2D eigenvalue weighted by molar-refractivity contribution is -0.114. The number of rotatable bonds is 3. The summed E-state index contributed by atoms with van der Waals surface area (Å²) in [5.74, 6) is 1.21. The summed E-state index contributed by atoms with van der Waals surface area (Å²) < 4.78 is 14.4. The molecule has 1 spiro atoms. The highest BCUT2D eigenvalue weighted by Gasteiger charge is 2.52. The average Bonchev–Trinajstić information content (AvgIpc) is 3.23. The Morgan fingerprint density at radius 2 is 2.04 bits per heavy atom. The molecule has 0 aromatic carbocycles. The summed E-state index contributed by atoms with van der Waals surface area (Å²) in [6, 6.07) is 3.75. The predicted octanol–water partition coefficient (Wildman–Crippen LogP) is 3.53. The highest BCUT2D eigenvalue weighted by Crippen LogP contribution is 2.58. The topological polar surface area (TPSA) is 71.0 Å². The molecule has 2 aromatic heterocycles. The minimum Gasteiger partial charge on any atom is -0.325 e. The number of alkyl halides is 1. The normalized spacial score (nSPS) is 17.3. The molecule has 7 heteroatoms. The van der Waals surface area contributed by atoms with Gasteiger partial charge in [-0.2, -0.15) is 0 Å². The van der Waals surface area contributed by atoms with E-state index in [2.05, 4.69) is 25.2 Å². The van der Waals surface area contributed by atoms with Gasteiger partial charge < -0.3 is 10.2 Å². The number of fused-ring (bicyclic) bond motifs is 2. The highest BCUT2D eigenvalue weighted by atomic mass is 19.1. The number of carbonyl (C=O) groups is 1. The monoisotopic (exact) mass is 355 g/mol. The van der Waals surface area contributed by atoms with E-state index < -0.39 is 5.67 Å². The van der Waals surface area contributed by atoms with E-state index in [1.54, 1.807) is 0 Å². The van der Waals surface area contributed by atoms with Gasteiger partial charge in [0.15, 0.2) is 11.5 Å². The third kappa shape index (κ3) is 2.81. The number of nitrogens with zero attached hydrogens (tertiary/aromatic N) is 4. The van der Waals surface area contributed by atoms with Gasteiger partial charge in [-0.05, 0) is 33.6 Å². The van der Waals surface area contributed by atoms with Crippen molar-refractivity contribution in [2.45, 2.75) is 51.6 Å². The zero-order valence-corrected chi connectivity index (χ0v) is 15.4. The minimum absolute atomic E-state index is 0.0985. The molecule has 0 atom stereocenters. The lowest BCUT2D eigenvalue weighted by Crippen LogP contribution is -2.23. The van der Waals surface area contributed by atoms with Gasteiger partial charge in [0, 0.05) is 48.5 Å². The van der Waals surface area contributed by atoms with E-state index in [0.717, 1.165) is 30.8 Å². The molecule has 6 nitrogen and oxygen atoms in total. The molecule has 2 aromatic rings. The predicted molar refractivity (Wildman–Crippen MR) is 97.4 cm³/mol. The van der Waals surface area contributed by atoms with Crippen molar-refractivity contribution >= 4 is 23.2 Å². The molecule has 136 valence electrons. The molecule has 2 aliphatic rings. The number of carbonyl (C=O) groups excluding carboxylic acids is 1. The van der Waals surface area contributed by atoms with Gasteiger partial charge >= 0.3 is 0 Å². The molecule has 1 aliphatic carbocycles. The number of halogens is 1. The first-order valence-corrected chi connectivity index (χ1v) is 8.79. The molecule has 26 heavy (non-hydrogen) atoms. The summed E-state index contributed by atoms with van der Waals surface area (Å²) in [4.78, 5) is 26.6. The standard InChI is InChI=1S/C19H22FN5O/c1-11-7-16(24-17(22-11)18(3,4)20)25-10-19(5-6-19)13-9-21-15(8-14(13)25)23-12(2)26/h7-9H,5-6,10H2,1-4H3,(H,21,23,26). The van der Waals surface area contributed by atoms with Gasteiger partial charge in [-0.25, -0.2) is 19.3 Å². The Morgan fingerprint density at radius 1 is 1.31 bits per heavy atom. The van der Waals surface area contributed by atoms with Gasteiger partial charge in [0.25, 0.3) is 0 Å². The maximum absolute atomic E-state index is 14.4. The van der Waals surface area contributed by atoms with E-state index in [0.29, 0.717) is 11.6 Å². The first-order valence-electron chi connectivity index (χ1n) is 8.79. The summed E-state index contributed by atoms with van der Waals surface area (Å²) in [7, 11) is 0. The Labute approximate surface area is 151 Å². The molecule has 4 rings (SSSR count). The van der Waals surface area contributed by atoms with Crippen LogP contribution in [0.4, 0.5) is 21.7 Å². The number of pyridine rings is 1. The largest absolute Gasteiger partial charge is 0.325 e. The first-order chi connectivity index (χ1) is 12.2. The van der Waals surface area contributed by atoms with Gasteiger partial charge in [0.05, 0.1) is 5.69 Å². The molecule has 0 bridgehead atoms. The fraction of sp³-hybridized carbons (Fsp3) is 0.474. The number of nitrogens with one attached hydrogen (secondary N) is 1.